The summed E-state index contributed by atoms with van der Waals surface area (Å²) in [6.45, 7) is 29.5. The molecule has 8 aromatic rings. The first-order valence-electron chi connectivity index (χ1n) is 22.2. The van der Waals surface area contributed by atoms with Crippen LogP contribution in [-0.2, 0) is 42.7 Å². The molecule has 0 radical (unpaired) electrons. The van der Waals surface area contributed by atoms with E-state index in [1.807, 2.05) is 24.4 Å². The molecule has 0 spiro atoms. The largest absolute Gasteiger partial charge is 0.509 e. The number of para-hydroxylation sites is 1. The van der Waals surface area contributed by atoms with Crippen LogP contribution in [-0.4, -0.2) is 9.55 Å². The molecule has 6 heteroatoms. The molecular weight excluding hydrogens is 964 g/mol. The summed E-state index contributed by atoms with van der Waals surface area (Å²) in [6, 6.07) is 53.1. The van der Waals surface area contributed by atoms with Crippen LogP contribution in [0.3, 0.4) is 0 Å². The number of hydrogen-bond acceptors (Lipinski definition) is 4. The maximum Gasteiger partial charge on any atom is 0.135 e. The first kappa shape index (κ1) is 44.9. The Bertz CT molecular complexity index is 3020. The van der Waals surface area contributed by atoms with Gasteiger partial charge in [-0.25, -0.2) is 4.98 Å². The van der Waals surface area contributed by atoms with Crippen LogP contribution < -0.4 is 14.5 Å². The van der Waals surface area contributed by atoms with Crippen molar-refractivity contribution < 1.29 is 25.8 Å². The summed E-state index contributed by atoms with van der Waals surface area (Å²) in [4.78, 5) is 9.40. The number of aromatic nitrogens is 2. The van der Waals surface area contributed by atoms with Gasteiger partial charge >= 0.3 is 0 Å². The van der Waals surface area contributed by atoms with Gasteiger partial charge in [0.15, 0.2) is 0 Å². The topological polar surface area (TPSA) is 33.5 Å². The van der Waals surface area contributed by atoms with Crippen molar-refractivity contribution >= 4 is 44.6 Å². The third-order valence-electron chi connectivity index (χ3n) is 12.4. The number of nitrogens with zero attached hydrogens (tertiary/aromatic N) is 4. The fraction of sp³-hybridized carbons (Fsp3) is 0.276. The van der Waals surface area contributed by atoms with Gasteiger partial charge in [-0.2, -0.15) is 12.1 Å². The van der Waals surface area contributed by atoms with Gasteiger partial charge in [-0.15, -0.1) is 48.1 Å². The van der Waals surface area contributed by atoms with E-state index in [4.69, 9.17) is 9.72 Å². The molecule has 1 aliphatic heterocycles. The van der Waals surface area contributed by atoms with Crippen molar-refractivity contribution in [3.05, 3.63) is 175 Å². The summed E-state index contributed by atoms with van der Waals surface area (Å²) in [5, 5.41) is 2.24. The molecule has 0 saturated heterocycles. The second kappa shape index (κ2) is 16.4. The van der Waals surface area contributed by atoms with Crippen LogP contribution >= 0.6 is 0 Å². The molecule has 0 atom stereocenters. The van der Waals surface area contributed by atoms with Gasteiger partial charge in [-0.1, -0.05) is 143 Å². The molecule has 64 heavy (non-hydrogen) atoms. The summed E-state index contributed by atoms with van der Waals surface area (Å²) < 4.78 is 8.86. The van der Waals surface area contributed by atoms with Gasteiger partial charge in [-0.05, 0) is 103 Å². The average Bonchev–Trinajstić information content (AvgIpc) is 3.78. The first-order chi connectivity index (χ1) is 29.7. The fourth-order valence-corrected chi connectivity index (χ4v) is 8.66. The zero-order valence-corrected chi connectivity index (χ0v) is 41.6. The van der Waals surface area contributed by atoms with Gasteiger partial charge in [0.25, 0.3) is 0 Å². The van der Waals surface area contributed by atoms with Crippen LogP contribution in [0.15, 0.2) is 134 Å². The number of anilines is 4. The van der Waals surface area contributed by atoms with E-state index in [1.165, 1.54) is 33.4 Å². The Morgan fingerprint density at radius 1 is 0.531 bits per heavy atom. The Labute approximate surface area is 395 Å². The maximum atomic E-state index is 6.66. The second-order valence-corrected chi connectivity index (χ2v) is 21.2. The van der Waals surface area contributed by atoms with Crippen molar-refractivity contribution in [3.8, 4) is 28.4 Å². The second-order valence-electron chi connectivity index (χ2n) is 21.2. The smallest absolute Gasteiger partial charge is 0.135 e. The van der Waals surface area contributed by atoms with E-state index in [2.05, 4.69) is 225 Å². The summed E-state index contributed by atoms with van der Waals surface area (Å²) in [6.07, 6.45) is 1.90. The number of benzene rings is 6. The Kier molecular flexibility index (Phi) is 11.5. The fourth-order valence-electron chi connectivity index (χ4n) is 8.66. The zero-order chi connectivity index (χ0) is 44.6. The van der Waals surface area contributed by atoms with Crippen molar-refractivity contribution in [2.45, 2.75) is 105 Å². The van der Waals surface area contributed by atoms with E-state index in [0.29, 0.717) is 11.5 Å². The normalized spacial score (nSPS) is 13.4. The third kappa shape index (κ3) is 8.52. The predicted molar refractivity (Wildman–Crippen MR) is 264 cm³/mol. The number of rotatable bonds is 6. The number of ether oxygens (including phenoxy) is 1. The van der Waals surface area contributed by atoms with E-state index in [-0.39, 0.29) is 42.7 Å². The summed E-state index contributed by atoms with van der Waals surface area (Å²) >= 11 is 0. The van der Waals surface area contributed by atoms with E-state index in [0.717, 1.165) is 50.4 Å². The molecule has 0 bridgehead atoms. The minimum atomic E-state index is -0.0450. The summed E-state index contributed by atoms with van der Waals surface area (Å²) in [5.41, 5.74) is 13.8. The summed E-state index contributed by atoms with van der Waals surface area (Å²) in [7, 11) is 0. The van der Waals surface area contributed by atoms with Gasteiger partial charge < -0.3 is 19.1 Å². The minimum Gasteiger partial charge on any atom is -0.509 e. The van der Waals surface area contributed by atoms with Gasteiger partial charge in [-0.3, -0.25) is 0 Å². The van der Waals surface area contributed by atoms with Crippen LogP contribution in [0.5, 0.6) is 11.5 Å². The molecule has 0 aliphatic carbocycles. The van der Waals surface area contributed by atoms with Crippen molar-refractivity contribution in [1.82, 2.24) is 9.55 Å². The monoisotopic (exact) mass is 1020 g/mol. The molecule has 3 heterocycles. The van der Waals surface area contributed by atoms with Gasteiger partial charge in [0.2, 0.25) is 0 Å². The molecule has 0 fully saturated rings. The molecular formula is C58H59N4OPt-3. The van der Waals surface area contributed by atoms with Crippen LogP contribution in [0.1, 0.15) is 105 Å². The Morgan fingerprint density at radius 2 is 1.22 bits per heavy atom. The standard InChI is InChI=1S/C58H59N4O.Pt/c1-55(2,3)39-17-15-18-42(32-39)61-37-60(51-28-23-38(31-53(51)61)46-26-24-40(56(4,5)6)33-49(46)58(10,11)12)43-19-16-20-44(35-43)63-45-25-27-48-47-21-13-14-22-50(47)62(52(48)36-45)54-34-41(29-30-59-54)57(7,8)9;/h13-34,37H,1-12H3;/q-3;. The Hall–Kier alpha value is -5.64. The number of hydrogen-bond donors (Lipinski definition) is 0. The molecule has 9 rings (SSSR count). The van der Waals surface area contributed by atoms with Crippen LogP contribution in [0.4, 0.5) is 22.7 Å². The molecule has 0 N–H and O–H groups in total. The van der Waals surface area contributed by atoms with Gasteiger partial charge in [0.1, 0.15) is 5.82 Å². The SMILES string of the molecule is CC(C)(C)c1cccc(N2[CH-]N(c3[c-]c(Oc4[c-]c5c(cc4)c4ccccc4n5-c4cc(C(C)(C)C)ccn4)ccc3)c3ccc(-c4ccc(C(C)(C)C)cc4C(C)(C)C)cc32)c1.[Pt]. The van der Waals surface area contributed by atoms with Crippen LogP contribution in [0.25, 0.3) is 38.8 Å². The Balaban J connectivity index is 0.00000560. The van der Waals surface area contributed by atoms with Crippen molar-refractivity contribution in [2.75, 3.05) is 9.80 Å². The quantitative estimate of drug-likeness (QED) is 0.155. The van der Waals surface area contributed by atoms with Crippen molar-refractivity contribution in [2.24, 2.45) is 0 Å². The van der Waals surface area contributed by atoms with Crippen molar-refractivity contribution in [3.63, 3.8) is 0 Å². The molecule has 0 amide bonds. The minimum absolute atomic E-state index is 0. The molecule has 1 aliphatic rings. The van der Waals surface area contributed by atoms with E-state index >= 15 is 0 Å². The molecule has 6 aromatic carbocycles. The maximum absolute atomic E-state index is 6.66. The van der Waals surface area contributed by atoms with E-state index in [9.17, 15) is 0 Å². The molecule has 330 valence electrons. The van der Waals surface area contributed by atoms with Crippen LogP contribution in [0, 0.1) is 18.8 Å². The third-order valence-corrected chi connectivity index (χ3v) is 12.4. The average molecular weight is 1020 g/mol. The van der Waals surface area contributed by atoms with Gasteiger partial charge in [0.05, 0.1) is 0 Å². The molecule has 0 saturated carbocycles. The van der Waals surface area contributed by atoms with E-state index < -0.39 is 0 Å². The first-order valence-corrected chi connectivity index (χ1v) is 22.2. The Morgan fingerprint density at radius 3 is 1.95 bits per heavy atom. The van der Waals surface area contributed by atoms with Crippen LogP contribution in [0.2, 0.25) is 0 Å². The number of pyridine rings is 1. The predicted octanol–water partition coefficient (Wildman–Crippen LogP) is 15.8. The molecule has 0 unspecified atom stereocenters. The van der Waals surface area contributed by atoms with Crippen molar-refractivity contribution in [1.29, 1.82) is 0 Å². The molecule has 2 aromatic heterocycles. The number of fused-ring (bicyclic) bond motifs is 4. The molecule has 5 nitrogen and oxygen atoms in total. The zero-order valence-electron chi connectivity index (χ0n) is 39.3. The van der Waals surface area contributed by atoms with E-state index in [1.54, 1.807) is 0 Å². The van der Waals surface area contributed by atoms with Gasteiger partial charge in [0, 0.05) is 61.3 Å². The summed E-state index contributed by atoms with van der Waals surface area (Å²) in [5.74, 6) is 2.07.